The van der Waals surface area contributed by atoms with Crippen molar-refractivity contribution in [3.05, 3.63) is 71.8 Å². The van der Waals surface area contributed by atoms with Crippen LogP contribution >= 0.6 is 0 Å². The predicted molar refractivity (Wildman–Crippen MR) is 87.3 cm³/mol. The van der Waals surface area contributed by atoms with E-state index in [2.05, 4.69) is 10.6 Å². The minimum absolute atomic E-state index is 0.287. The van der Waals surface area contributed by atoms with Crippen molar-refractivity contribution in [2.24, 2.45) is 0 Å². The molecule has 24 heavy (non-hydrogen) atoms. The van der Waals surface area contributed by atoms with Crippen molar-refractivity contribution in [2.45, 2.75) is 12.5 Å². The van der Waals surface area contributed by atoms with Crippen molar-refractivity contribution >= 4 is 11.8 Å². The number of carbonyl (C=O) groups is 2. The van der Waals surface area contributed by atoms with Gasteiger partial charge in [0.2, 0.25) is 0 Å². The average Bonchev–Trinajstić information content (AvgIpc) is 2.64. The third kappa shape index (κ3) is 3.98. The third-order valence-corrected chi connectivity index (χ3v) is 3.57. The van der Waals surface area contributed by atoms with Crippen LogP contribution in [0, 0.1) is 0 Å². The van der Waals surface area contributed by atoms with E-state index < -0.39 is 12.5 Å². The third-order valence-electron chi connectivity index (χ3n) is 3.57. The number of nitrogens with one attached hydrogen (secondary N) is 2. The van der Waals surface area contributed by atoms with E-state index in [9.17, 15) is 9.59 Å². The Morgan fingerprint density at radius 1 is 0.708 bits per heavy atom. The van der Waals surface area contributed by atoms with Gasteiger partial charge in [0.05, 0.1) is 13.2 Å². The first-order valence-electron chi connectivity index (χ1n) is 7.69. The standard InChI is InChI=1S/C18H18N2O4/c21-15(13-7-3-1-4-8-13)19-17-18(24-12-11-23-17)20-16(22)14-9-5-2-6-10-14/h1-10,17-18H,11-12H2,(H,19,21)(H,20,22). The topological polar surface area (TPSA) is 76.7 Å². The fourth-order valence-corrected chi connectivity index (χ4v) is 2.36. The first-order valence-corrected chi connectivity index (χ1v) is 7.69. The van der Waals surface area contributed by atoms with E-state index in [1.54, 1.807) is 48.5 Å². The van der Waals surface area contributed by atoms with Crippen LogP contribution in [0.4, 0.5) is 0 Å². The Kier molecular flexibility index (Phi) is 5.20. The molecule has 1 aliphatic rings. The molecule has 2 aromatic carbocycles. The normalized spacial score (nSPS) is 20.2. The molecule has 0 bridgehead atoms. The summed E-state index contributed by atoms with van der Waals surface area (Å²) in [5.74, 6) is -0.574. The lowest BCUT2D eigenvalue weighted by molar-refractivity contribution is -0.154. The number of benzene rings is 2. The Labute approximate surface area is 139 Å². The first kappa shape index (κ1) is 16.2. The van der Waals surface area contributed by atoms with E-state index in [0.717, 1.165) is 0 Å². The minimum atomic E-state index is -0.751. The molecule has 0 aliphatic carbocycles. The summed E-state index contributed by atoms with van der Waals surface area (Å²) in [5, 5.41) is 5.48. The van der Waals surface area contributed by atoms with Crippen LogP contribution in [0.25, 0.3) is 0 Å². The van der Waals surface area contributed by atoms with Gasteiger partial charge in [-0.05, 0) is 24.3 Å². The fraction of sp³-hybridized carbons (Fsp3) is 0.222. The average molecular weight is 326 g/mol. The number of amides is 2. The maximum Gasteiger partial charge on any atom is 0.253 e. The van der Waals surface area contributed by atoms with E-state index in [-0.39, 0.29) is 11.8 Å². The predicted octanol–water partition coefficient (Wildman–Crippen LogP) is 1.55. The van der Waals surface area contributed by atoms with Gasteiger partial charge in [-0.3, -0.25) is 9.59 Å². The molecule has 2 aromatic rings. The summed E-state index contributed by atoms with van der Waals surface area (Å²) in [5.41, 5.74) is 1.03. The fourth-order valence-electron chi connectivity index (χ4n) is 2.36. The van der Waals surface area contributed by atoms with Crippen LogP contribution in [0.2, 0.25) is 0 Å². The molecule has 1 heterocycles. The molecule has 2 atom stereocenters. The Morgan fingerprint density at radius 2 is 1.08 bits per heavy atom. The van der Waals surface area contributed by atoms with Gasteiger partial charge in [0.15, 0.2) is 12.5 Å². The van der Waals surface area contributed by atoms with Crippen LogP contribution in [0.1, 0.15) is 20.7 Å². The summed E-state index contributed by atoms with van der Waals surface area (Å²) in [7, 11) is 0. The Bertz CT molecular complexity index is 629. The molecule has 0 spiro atoms. The Hall–Kier alpha value is -2.70. The lowest BCUT2D eigenvalue weighted by atomic mass is 10.2. The highest BCUT2D eigenvalue weighted by Crippen LogP contribution is 2.09. The quantitative estimate of drug-likeness (QED) is 0.894. The van der Waals surface area contributed by atoms with E-state index >= 15 is 0 Å². The molecule has 124 valence electrons. The SMILES string of the molecule is O=C(NC1OCCOC1NC(=O)c1ccccc1)c1ccccc1. The largest absolute Gasteiger partial charge is 0.351 e. The number of ether oxygens (including phenoxy) is 2. The van der Waals surface area contributed by atoms with Crippen molar-refractivity contribution in [3.8, 4) is 0 Å². The monoisotopic (exact) mass is 326 g/mol. The van der Waals surface area contributed by atoms with Crippen LogP contribution in [0.15, 0.2) is 60.7 Å². The van der Waals surface area contributed by atoms with E-state index in [1.165, 1.54) is 0 Å². The molecule has 6 nitrogen and oxygen atoms in total. The molecule has 2 unspecified atom stereocenters. The number of rotatable bonds is 4. The van der Waals surface area contributed by atoms with Gasteiger partial charge in [-0.2, -0.15) is 0 Å². The van der Waals surface area contributed by atoms with Gasteiger partial charge in [0, 0.05) is 11.1 Å². The van der Waals surface area contributed by atoms with Crippen LogP contribution < -0.4 is 10.6 Å². The summed E-state index contributed by atoms with van der Waals surface area (Å²) in [6, 6.07) is 17.6. The molecular formula is C18H18N2O4. The molecule has 1 aliphatic heterocycles. The molecular weight excluding hydrogens is 308 g/mol. The maximum absolute atomic E-state index is 12.3. The lowest BCUT2D eigenvalue weighted by Crippen LogP contribution is -2.57. The molecule has 6 heteroatoms. The van der Waals surface area contributed by atoms with E-state index in [1.807, 2.05) is 12.1 Å². The second-order valence-electron chi connectivity index (χ2n) is 5.26. The molecule has 3 rings (SSSR count). The highest BCUT2D eigenvalue weighted by atomic mass is 16.6. The van der Waals surface area contributed by atoms with Crippen LogP contribution in [0.5, 0.6) is 0 Å². The van der Waals surface area contributed by atoms with Gasteiger partial charge in [-0.25, -0.2) is 0 Å². The lowest BCUT2D eigenvalue weighted by Gasteiger charge is -2.32. The van der Waals surface area contributed by atoms with Crippen molar-refractivity contribution in [1.82, 2.24) is 10.6 Å². The highest BCUT2D eigenvalue weighted by molar-refractivity contribution is 5.95. The minimum Gasteiger partial charge on any atom is -0.351 e. The summed E-state index contributed by atoms with van der Waals surface area (Å²) in [4.78, 5) is 24.5. The van der Waals surface area contributed by atoms with Crippen molar-refractivity contribution in [3.63, 3.8) is 0 Å². The van der Waals surface area contributed by atoms with Gasteiger partial charge in [-0.15, -0.1) is 0 Å². The summed E-state index contributed by atoms with van der Waals surface area (Å²) < 4.78 is 11.1. The summed E-state index contributed by atoms with van der Waals surface area (Å²) in [6.45, 7) is 0.689. The van der Waals surface area contributed by atoms with E-state index in [0.29, 0.717) is 24.3 Å². The van der Waals surface area contributed by atoms with Crippen molar-refractivity contribution in [1.29, 1.82) is 0 Å². The van der Waals surface area contributed by atoms with Gasteiger partial charge in [0.25, 0.3) is 11.8 Å². The van der Waals surface area contributed by atoms with E-state index in [4.69, 9.17) is 9.47 Å². The van der Waals surface area contributed by atoms with Crippen LogP contribution in [-0.2, 0) is 9.47 Å². The Morgan fingerprint density at radius 3 is 1.46 bits per heavy atom. The zero-order chi connectivity index (χ0) is 16.8. The zero-order valence-corrected chi connectivity index (χ0v) is 13.0. The molecule has 1 saturated heterocycles. The van der Waals surface area contributed by atoms with Crippen LogP contribution in [0.3, 0.4) is 0 Å². The summed E-state index contributed by atoms with van der Waals surface area (Å²) >= 11 is 0. The Balaban J connectivity index is 1.65. The zero-order valence-electron chi connectivity index (χ0n) is 13.0. The van der Waals surface area contributed by atoms with Gasteiger partial charge >= 0.3 is 0 Å². The molecule has 0 radical (unpaired) electrons. The number of hydrogen-bond donors (Lipinski definition) is 2. The number of hydrogen-bond acceptors (Lipinski definition) is 4. The molecule has 1 fully saturated rings. The van der Waals surface area contributed by atoms with Crippen LogP contribution in [-0.4, -0.2) is 37.5 Å². The smallest absolute Gasteiger partial charge is 0.253 e. The highest BCUT2D eigenvalue weighted by Gasteiger charge is 2.30. The number of carbonyl (C=O) groups excluding carboxylic acids is 2. The first-order chi connectivity index (χ1) is 11.7. The second-order valence-corrected chi connectivity index (χ2v) is 5.26. The molecule has 0 aromatic heterocycles. The van der Waals surface area contributed by atoms with Crippen molar-refractivity contribution < 1.29 is 19.1 Å². The second kappa shape index (κ2) is 7.72. The maximum atomic E-state index is 12.3. The summed E-state index contributed by atoms with van der Waals surface area (Å²) in [6.07, 6.45) is -1.50. The van der Waals surface area contributed by atoms with Gasteiger partial charge < -0.3 is 20.1 Å². The molecule has 2 amide bonds. The van der Waals surface area contributed by atoms with Crippen molar-refractivity contribution in [2.75, 3.05) is 13.2 Å². The van der Waals surface area contributed by atoms with Gasteiger partial charge in [0.1, 0.15) is 0 Å². The molecule has 2 N–H and O–H groups in total. The molecule has 0 saturated carbocycles. The van der Waals surface area contributed by atoms with Gasteiger partial charge in [-0.1, -0.05) is 36.4 Å².